The minimum Gasteiger partial charge on any atom is -0.357 e. The molecule has 1 saturated heterocycles. The summed E-state index contributed by atoms with van der Waals surface area (Å²) in [4.78, 5) is 14.3. The Labute approximate surface area is 180 Å². The maximum absolute atomic E-state index is 4.87. The zero-order chi connectivity index (χ0) is 18.5. The average Bonchev–Trinajstić information content (AvgIpc) is 3.05. The quantitative estimate of drug-likeness (QED) is 0.358. The van der Waals surface area contributed by atoms with Gasteiger partial charge in [-0.05, 0) is 27.4 Å². The number of piperazine rings is 1. The van der Waals surface area contributed by atoms with E-state index >= 15 is 0 Å². The van der Waals surface area contributed by atoms with E-state index in [1.165, 1.54) is 0 Å². The maximum Gasteiger partial charge on any atom is 0.191 e. The molecule has 2 unspecified atom stereocenters. The van der Waals surface area contributed by atoms with E-state index in [-0.39, 0.29) is 24.0 Å². The van der Waals surface area contributed by atoms with Crippen LogP contribution in [-0.4, -0.2) is 89.4 Å². The summed E-state index contributed by atoms with van der Waals surface area (Å²) in [6, 6.07) is 0.822. The van der Waals surface area contributed by atoms with Crippen LogP contribution in [0.4, 0.5) is 0 Å². The number of hydrogen-bond acceptors (Lipinski definition) is 5. The first-order valence-corrected chi connectivity index (χ1v) is 9.95. The summed E-state index contributed by atoms with van der Waals surface area (Å²) in [5.41, 5.74) is 0. The molecule has 2 N–H and O–H groups in total. The molecule has 154 valence electrons. The largest absolute Gasteiger partial charge is 0.357 e. The second-order valence-electron chi connectivity index (χ2n) is 7.48. The fourth-order valence-electron chi connectivity index (χ4n) is 3.64. The molecule has 9 heteroatoms. The molecular weight excluding hydrogens is 455 g/mol. The Kier molecular flexibility index (Phi) is 8.74. The molecule has 2 aliphatic rings. The van der Waals surface area contributed by atoms with E-state index in [1.807, 2.05) is 0 Å². The van der Waals surface area contributed by atoms with Crippen molar-refractivity contribution in [3.8, 4) is 0 Å². The minimum absolute atomic E-state index is 0. The zero-order valence-corrected chi connectivity index (χ0v) is 19.4. The van der Waals surface area contributed by atoms with Crippen molar-refractivity contribution in [2.24, 2.45) is 4.99 Å². The molecule has 1 aromatic rings. The Morgan fingerprint density at radius 1 is 1.22 bits per heavy atom. The van der Waals surface area contributed by atoms with Gasteiger partial charge in [-0.1, -0.05) is 6.92 Å². The maximum atomic E-state index is 4.87. The van der Waals surface area contributed by atoms with Crippen LogP contribution in [0.3, 0.4) is 0 Å². The first-order valence-electron chi connectivity index (χ1n) is 9.95. The standard InChI is InChI=1S/C18H34N8.HI/c1-5-16-22-17-8-7-14(12-26(17)23-16)21-18(19-6-2)20-11-15-13-24(3)9-10-25(15)4;/h14-15H,5-13H2,1-4H3,(H2,19,20,21);1H. The molecule has 0 bridgehead atoms. The number of likely N-dealkylation sites (N-methyl/N-ethyl adjacent to an activating group) is 2. The Hall–Kier alpha value is -0.940. The molecule has 0 radical (unpaired) electrons. The number of halogens is 1. The Balaban J connectivity index is 0.00000261. The number of rotatable bonds is 5. The number of aliphatic imine (C=N–C) groups is 1. The van der Waals surface area contributed by atoms with Gasteiger partial charge in [0.2, 0.25) is 0 Å². The Morgan fingerprint density at radius 2 is 2.04 bits per heavy atom. The fraction of sp³-hybridized carbons (Fsp3) is 0.833. The lowest BCUT2D eigenvalue weighted by Crippen LogP contribution is -2.52. The normalized spacial score (nSPS) is 24.2. The van der Waals surface area contributed by atoms with Gasteiger partial charge in [0, 0.05) is 51.1 Å². The fourth-order valence-corrected chi connectivity index (χ4v) is 3.64. The number of guanidine groups is 1. The number of fused-ring (bicyclic) bond motifs is 1. The van der Waals surface area contributed by atoms with Crippen molar-refractivity contribution in [1.29, 1.82) is 0 Å². The van der Waals surface area contributed by atoms with Crippen LogP contribution >= 0.6 is 24.0 Å². The predicted octanol–water partition coefficient (Wildman–Crippen LogP) is 0.574. The molecule has 0 spiro atoms. The molecule has 2 atom stereocenters. The van der Waals surface area contributed by atoms with E-state index in [4.69, 9.17) is 4.99 Å². The highest BCUT2D eigenvalue weighted by molar-refractivity contribution is 14.0. The van der Waals surface area contributed by atoms with Gasteiger partial charge < -0.3 is 15.5 Å². The van der Waals surface area contributed by atoms with Crippen molar-refractivity contribution in [3.05, 3.63) is 11.6 Å². The van der Waals surface area contributed by atoms with Crippen LogP contribution in [0, 0.1) is 0 Å². The van der Waals surface area contributed by atoms with E-state index in [0.717, 1.165) is 76.1 Å². The lowest BCUT2D eigenvalue weighted by atomic mass is 10.1. The van der Waals surface area contributed by atoms with Crippen LogP contribution in [0.1, 0.15) is 31.9 Å². The third-order valence-corrected chi connectivity index (χ3v) is 5.34. The van der Waals surface area contributed by atoms with Gasteiger partial charge in [-0.2, -0.15) is 5.10 Å². The number of nitrogens with zero attached hydrogens (tertiary/aromatic N) is 6. The summed E-state index contributed by atoms with van der Waals surface area (Å²) in [7, 11) is 4.39. The van der Waals surface area contributed by atoms with Crippen LogP contribution in [0.2, 0.25) is 0 Å². The van der Waals surface area contributed by atoms with Gasteiger partial charge in [-0.15, -0.1) is 24.0 Å². The van der Waals surface area contributed by atoms with E-state index in [9.17, 15) is 0 Å². The number of hydrogen-bond donors (Lipinski definition) is 2. The van der Waals surface area contributed by atoms with Crippen molar-refractivity contribution in [2.75, 3.05) is 46.8 Å². The van der Waals surface area contributed by atoms with Crippen LogP contribution in [0.25, 0.3) is 0 Å². The predicted molar refractivity (Wildman–Crippen MR) is 120 cm³/mol. The molecule has 2 aliphatic heterocycles. The molecule has 0 amide bonds. The van der Waals surface area contributed by atoms with E-state index in [1.54, 1.807) is 0 Å². The average molecular weight is 490 g/mol. The second-order valence-corrected chi connectivity index (χ2v) is 7.48. The summed E-state index contributed by atoms with van der Waals surface area (Å²) in [5, 5.41) is 11.6. The molecule has 1 fully saturated rings. The summed E-state index contributed by atoms with van der Waals surface area (Å²) < 4.78 is 2.06. The topological polar surface area (TPSA) is 73.6 Å². The first kappa shape index (κ1) is 22.4. The van der Waals surface area contributed by atoms with E-state index in [0.29, 0.717) is 12.1 Å². The molecule has 0 aliphatic carbocycles. The minimum atomic E-state index is 0. The Morgan fingerprint density at radius 3 is 2.78 bits per heavy atom. The highest BCUT2D eigenvalue weighted by atomic mass is 127. The zero-order valence-electron chi connectivity index (χ0n) is 17.1. The van der Waals surface area contributed by atoms with E-state index in [2.05, 4.69) is 63.1 Å². The van der Waals surface area contributed by atoms with Gasteiger partial charge >= 0.3 is 0 Å². The van der Waals surface area contributed by atoms with Crippen molar-refractivity contribution in [2.45, 2.75) is 51.7 Å². The van der Waals surface area contributed by atoms with Crippen molar-refractivity contribution in [1.82, 2.24) is 35.2 Å². The summed E-state index contributed by atoms with van der Waals surface area (Å²) in [5.74, 6) is 2.98. The van der Waals surface area contributed by atoms with Gasteiger partial charge in [-0.3, -0.25) is 9.89 Å². The van der Waals surface area contributed by atoms with Crippen LogP contribution in [0.5, 0.6) is 0 Å². The Bertz CT molecular complexity index is 617. The molecule has 3 rings (SSSR count). The second kappa shape index (κ2) is 10.6. The molecule has 8 nitrogen and oxygen atoms in total. The van der Waals surface area contributed by atoms with Crippen molar-refractivity contribution >= 4 is 29.9 Å². The summed E-state index contributed by atoms with van der Waals surface area (Å²) in [6.45, 7) is 10.1. The number of aromatic nitrogens is 3. The van der Waals surface area contributed by atoms with Crippen molar-refractivity contribution in [3.63, 3.8) is 0 Å². The highest BCUT2D eigenvalue weighted by Crippen LogP contribution is 2.13. The lowest BCUT2D eigenvalue weighted by Gasteiger charge is -2.37. The van der Waals surface area contributed by atoms with Crippen LogP contribution in [-0.2, 0) is 19.4 Å². The van der Waals surface area contributed by atoms with Gasteiger partial charge in [0.05, 0.1) is 13.1 Å². The van der Waals surface area contributed by atoms with Crippen molar-refractivity contribution < 1.29 is 0 Å². The lowest BCUT2D eigenvalue weighted by molar-refractivity contribution is 0.119. The van der Waals surface area contributed by atoms with Crippen LogP contribution in [0.15, 0.2) is 4.99 Å². The third kappa shape index (κ3) is 6.02. The molecule has 0 aromatic carbocycles. The van der Waals surface area contributed by atoms with E-state index < -0.39 is 0 Å². The summed E-state index contributed by atoms with van der Waals surface area (Å²) >= 11 is 0. The summed E-state index contributed by atoms with van der Waals surface area (Å²) in [6.07, 6.45) is 2.93. The van der Waals surface area contributed by atoms with Gasteiger partial charge in [0.25, 0.3) is 0 Å². The monoisotopic (exact) mass is 490 g/mol. The smallest absolute Gasteiger partial charge is 0.191 e. The van der Waals surface area contributed by atoms with Gasteiger partial charge in [0.1, 0.15) is 5.82 Å². The highest BCUT2D eigenvalue weighted by Gasteiger charge is 2.24. The number of nitrogens with one attached hydrogen (secondary N) is 2. The number of aryl methyl sites for hydroxylation is 2. The third-order valence-electron chi connectivity index (χ3n) is 5.34. The van der Waals surface area contributed by atoms with Crippen LogP contribution < -0.4 is 10.6 Å². The molecular formula is C18H35IN8. The molecule has 0 saturated carbocycles. The molecule has 1 aromatic heterocycles. The van der Waals surface area contributed by atoms with Gasteiger partial charge in [-0.25, -0.2) is 9.67 Å². The SMILES string of the molecule is CCNC(=NCC1CN(C)CCN1C)NC1CCc2nc(CC)nn2C1.I. The first-order chi connectivity index (χ1) is 12.6. The molecule has 3 heterocycles. The molecule has 27 heavy (non-hydrogen) atoms. The van der Waals surface area contributed by atoms with Gasteiger partial charge in [0.15, 0.2) is 11.8 Å².